The summed E-state index contributed by atoms with van der Waals surface area (Å²) in [4.78, 5) is 9.89. The number of hydrogen-bond acceptors (Lipinski definition) is 6. The summed E-state index contributed by atoms with van der Waals surface area (Å²) >= 11 is 0. The molecule has 9 heteroatoms. The summed E-state index contributed by atoms with van der Waals surface area (Å²) in [6.45, 7) is 0.503. The number of para-hydroxylation sites is 1. The van der Waals surface area contributed by atoms with Crippen molar-refractivity contribution in [1.82, 2.24) is 0 Å². The molecule has 1 saturated carbocycles. The lowest BCUT2D eigenvalue weighted by atomic mass is 10.0. The molecule has 21 heavy (non-hydrogen) atoms. The number of sulfonamides is 1. The molecule has 0 bridgehead atoms. The normalized spacial score (nSPS) is 16.5. The Bertz CT molecular complexity index is 655. The Morgan fingerprint density at radius 1 is 1.43 bits per heavy atom. The topological polar surface area (TPSA) is 136 Å². The predicted octanol–water partition coefficient (Wildman–Crippen LogP) is 0.817. The number of rotatable bonds is 7. The van der Waals surface area contributed by atoms with Crippen molar-refractivity contribution in [2.24, 2.45) is 10.6 Å². The first-order valence-electron chi connectivity index (χ1n) is 6.44. The van der Waals surface area contributed by atoms with Crippen molar-refractivity contribution in [3.63, 3.8) is 0 Å². The zero-order valence-corrected chi connectivity index (χ0v) is 12.1. The maximum atomic E-state index is 11.4. The quantitative estimate of drug-likeness (QED) is 0.503. The highest BCUT2D eigenvalue weighted by Gasteiger charge is 2.42. The number of nitro benzene ring substituents is 1. The highest BCUT2D eigenvalue weighted by molar-refractivity contribution is 7.89. The molecule has 4 N–H and O–H groups in total. The van der Waals surface area contributed by atoms with Crippen molar-refractivity contribution in [3.8, 4) is 0 Å². The van der Waals surface area contributed by atoms with Gasteiger partial charge < -0.3 is 10.4 Å². The summed E-state index contributed by atoms with van der Waals surface area (Å²) in [6.07, 6.45) is 2.48. The number of nitrogens with zero attached hydrogens (tertiary/aromatic N) is 1. The molecule has 0 amide bonds. The monoisotopic (exact) mass is 315 g/mol. The average Bonchev–Trinajstić information content (AvgIpc) is 3.15. The van der Waals surface area contributed by atoms with E-state index in [-0.39, 0.29) is 17.7 Å². The largest absolute Gasteiger partial charge is 0.396 e. The molecule has 1 fully saturated rings. The smallest absolute Gasteiger partial charge is 0.312 e. The van der Waals surface area contributed by atoms with Crippen molar-refractivity contribution >= 4 is 21.4 Å². The second-order valence-corrected chi connectivity index (χ2v) is 6.81. The van der Waals surface area contributed by atoms with E-state index < -0.39 is 25.5 Å². The first-order chi connectivity index (χ1) is 9.79. The number of anilines is 1. The van der Waals surface area contributed by atoms with Gasteiger partial charge in [0.1, 0.15) is 5.69 Å². The summed E-state index contributed by atoms with van der Waals surface area (Å²) < 4.78 is 22.9. The summed E-state index contributed by atoms with van der Waals surface area (Å²) in [5.41, 5.74) is -0.476. The van der Waals surface area contributed by atoms with Crippen LogP contribution >= 0.6 is 0 Å². The van der Waals surface area contributed by atoms with Crippen LogP contribution in [0.5, 0.6) is 0 Å². The van der Waals surface area contributed by atoms with Gasteiger partial charge in [0.15, 0.2) is 4.90 Å². The van der Waals surface area contributed by atoms with Gasteiger partial charge in [0.2, 0.25) is 10.0 Å². The van der Waals surface area contributed by atoms with Gasteiger partial charge in [0.05, 0.1) is 4.92 Å². The maximum Gasteiger partial charge on any atom is 0.312 e. The molecule has 0 atom stereocenters. The standard InChI is InChI=1S/C12H17N3O5S/c13-21(19,20)10-3-1-2-9(11(10)15(17)18)14-8-12(4-5-12)6-7-16/h1-3,14,16H,4-8H2,(H2,13,19,20). The van der Waals surface area contributed by atoms with Crippen LogP contribution in [0.4, 0.5) is 11.4 Å². The third-order valence-electron chi connectivity index (χ3n) is 3.74. The Labute approximate surface area is 122 Å². The van der Waals surface area contributed by atoms with Crippen LogP contribution < -0.4 is 10.5 Å². The van der Waals surface area contributed by atoms with Crippen molar-refractivity contribution in [2.45, 2.75) is 24.2 Å². The van der Waals surface area contributed by atoms with Gasteiger partial charge in [-0.25, -0.2) is 13.6 Å². The minimum absolute atomic E-state index is 0.0553. The van der Waals surface area contributed by atoms with Crippen LogP contribution in [-0.2, 0) is 10.0 Å². The molecule has 1 aromatic rings. The maximum absolute atomic E-state index is 11.4. The average molecular weight is 315 g/mol. The minimum Gasteiger partial charge on any atom is -0.396 e. The Kier molecular flexibility index (Phi) is 4.17. The molecule has 0 saturated heterocycles. The Morgan fingerprint density at radius 3 is 2.57 bits per heavy atom. The van der Waals surface area contributed by atoms with Gasteiger partial charge in [-0.3, -0.25) is 10.1 Å². The van der Waals surface area contributed by atoms with Crippen molar-refractivity contribution in [2.75, 3.05) is 18.5 Å². The molecule has 8 nitrogen and oxygen atoms in total. The molecule has 116 valence electrons. The molecule has 0 aromatic heterocycles. The lowest BCUT2D eigenvalue weighted by Gasteiger charge is -2.16. The highest BCUT2D eigenvalue weighted by atomic mass is 32.2. The molecular weight excluding hydrogens is 298 g/mol. The number of primary sulfonamides is 1. The Balaban J connectivity index is 2.30. The Morgan fingerprint density at radius 2 is 2.10 bits per heavy atom. The van der Waals surface area contributed by atoms with Gasteiger partial charge in [-0.15, -0.1) is 0 Å². The van der Waals surface area contributed by atoms with Gasteiger partial charge in [0, 0.05) is 13.2 Å². The van der Waals surface area contributed by atoms with E-state index >= 15 is 0 Å². The molecule has 0 aliphatic heterocycles. The van der Waals surface area contributed by atoms with Crippen LogP contribution in [0.15, 0.2) is 23.1 Å². The summed E-state index contributed by atoms with van der Waals surface area (Å²) in [5.74, 6) is 0. The fourth-order valence-electron chi connectivity index (χ4n) is 2.29. The van der Waals surface area contributed by atoms with Crippen LogP contribution in [-0.4, -0.2) is 31.6 Å². The lowest BCUT2D eigenvalue weighted by Crippen LogP contribution is -2.19. The van der Waals surface area contributed by atoms with E-state index in [0.717, 1.165) is 18.9 Å². The zero-order valence-electron chi connectivity index (χ0n) is 11.3. The molecule has 0 unspecified atom stereocenters. The van der Waals surface area contributed by atoms with E-state index in [1.807, 2.05) is 0 Å². The predicted molar refractivity (Wildman–Crippen MR) is 76.3 cm³/mol. The van der Waals surface area contributed by atoms with E-state index in [0.29, 0.717) is 13.0 Å². The van der Waals surface area contributed by atoms with E-state index in [4.69, 9.17) is 10.2 Å². The fourth-order valence-corrected chi connectivity index (χ4v) is 3.02. The summed E-state index contributed by atoms with van der Waals surface area (Å²) in [7, 11) is -4.17. The number of nitrogens with two attached hydrogens (primary N) is 1. The number of benzene rings is 1. The summed E-state index contributed by atoms with van der Waals surface area (Å²) in [5, 5.41) is 28.1. The second kappa shape index (κ2) is 5.58. The first-order valence-corrected chi connectivity index (χ1v) is 7.99. The summed E-state index contributed by atoms with van der Waals surface area (Å²) in [6, 6.07) is 3.96. The number of nitro groups is 1. The molecule has 1 aliphatic rings. The zero-order chi connectivity index (χ0) is 15.7. The molecule has 1 aromatic carbocycles. The van der Waals surface area contributed by atoms with Crippen LogP contribution in [0.2, 0.25) is 0 Å². The SMILES string of the molecule is NS(=O)(=O)c1cccc(NCC2(CCO)CC2)c1[N+](=O)[O-]. The van der Waals surface area contributed by atoms with Crippen molar-refractivity contribution in [3.05, 3.63) is 28.3 Å². The van der Waals surface area contributed by atoms with Crippen molar-refractivity contribution < 1.29 is 18.4 Å². The van der Waals surface area contributed by atoms with Crippen LogP contribution in [0, 0.1) is 15.5 Å². The molecule has 2 rings (SSSR count). The van der Waals surface area contributed by atoms with Gasteiger partial charge in [-0.05, 0) is 36.8 Å². The van der Waals surface area contributed by atoms with E-state index in [9.17, 15) is 18.5 Å². The number of hydrogen-bond donors (Lipinski definition) is 3. The van der Waals surface area contributed by atoms with Gasteiger partial charge in [-0.2, -0.15) is 0 Å². The molecule has 1 aliphatic carbocycles. The lowest BCUT2D eigenvalue weighted by molar-refractivity contribution is -0.386. The number of nitrogens with one attached hydrogen (secondary N) is 1. The molecule has 0 spiro atoms. The van der Waals surface area contributed by atoms with E-state index in [2.05, 4.69) is 5.32 Å². The van der Waals surface area contributed by atoms with E-state index in [1.165, 1.54) is 12.1 Å². The molecule has 0 radical (unpaired) electrons. The third kappa shape index (κ3) is 3.49. The second-order valence-electron chi connectivity index (χ2n) is 5.28. The van der Waals surface area contributed by atoms with E-state index in [1.54, 1.807) is 0 Å². The molecule has 0 heterocycles. The van der Waals surface area contributed by atoms with Crippen LogP contribution in [0.25, 0.3) is 0 Å². The highest BCUT2D eigenvalue weighted by Crippen LogP contribution is 2.48. The van der Waals surface area contributed by atoms with Crippen LogP contribution in [0.3, 0.4) is 0 Å². The first kappa shape index (κ1) is 15.7. The van der Waals surface area contributed by atoms with Crippen molar-refractivity contribution in [1.29, 1.82) is 0 Å². The molecular formula is C12H17N3O5S. The number of aliphatic hydroxyl groups is 1. The third-order valence-corrected chi connectivity index (χ3v) is 4.68. The number of aliphatic hydroxyl groups excluding tert-OH is 1. The minimum atomic E-state index is -4.17. The fraction of sp³-hybridized carbons (Fsp3) is 0.500. The van der Waals surface area contributed by atoms with Gasteiger partial charge in [0.25, 0.3) is 0 Å². The van der Waals surface area contributed by atoms with Gasteiger partial charge >= 0.3 is 5.69 Å². The van der Waals surface area contributed by atoms with Crippen LogP contribution in [0.1, 0.15) is 19.3 Å². The Hall–Kier alpha value is -1.71. The van der Waals surface area contributed by atoms with Gasteiger partial charge in [-0.1, -0.05) is 6.07 Å².